The number of carbonyl (C=O) groups is 1. The Kier molecular flexibility index (Phi) is 4.74. The lowest BCUT2D eigenvalue weighted by Crippen LogP contribution is -2.05. The van der Waals surface area contributed by atoms with E-state index in [0.717, 1.165) is 11.1 Å². The lowest BCUT2D eigenvalue weighted by Gasteiger charge is -2.11. The van der Waals surface area contributed by atoms with E-state index in [0.29, 0.717) is 23.2 Å². The largest absolute Gasteiger partial charge is 0.488 e. The number of benzene rings is 2. The van der Waals surface area contributed by atoms with Crippen molar-refractivity contribution in [1.82, 2.24) is 0 Å². The predicted octanol–water partition coefficient (Wildman–Crippen LogP) is 4.15. The van der Waals surface area contributed by atoms with E-state index in [9.17, 15) is 4.79 Å². The Morgan fingerprint density at radius 2 is 1.89 bits per heavy atom. The first-order chi connectivity index (χ1) is 9.20. The van der Waals surface area contributed by atoms with Gasteiger partial charge in [-0.25, -0.2) is 0 Å². The van der Waals surface area contributed by atoms with E-state index in [-0.39, 0.29) is 5.78 Å². The molecular weight excluding hydrogens is 304 g/mol. The maximum atomic E-state index is 11.8. The lowest BCUT2D eigenvalue weighted by molar-refractivity contribution is 0.101. The molecule has 0 amide bonds. The van der Waals surface area contributed by atoms with Crippen molar-refractivity contribution >= 4 is 21.7 Å². The third-order valence-corrected chi connectivity index (χ3v) is 3.31. The van der Waals surface area contributed by atoms with Crippen LogP contribution in [0.15, 0.2) is 48.5 Å². The van der Waals surface area contributed by atoms with Crippen molar-refractivity contribution in [3.8, 4) is 5.75 Å². The van der Waals surface area contributed by atoms with Gasteiger partial charge in [0.05, 0.1) is 10.9 Å². The minimum atomic E-state index is 0.0306. The molecule has 0 saturated heterocycles. The monoisotopic (exact) mass is 318 g/mol. The molecule has 0 radical (unpaired) electrons. The van der Waals surface area contributed by atoms with E-state index in [2.05, 4.69) is 15.9 Å². The summed E-state index contributed by atoms with van der Waals surface area (Å²) in [5, 5.41) is 0.303. The van der Waals surface area contributed by atoms with Crippen LogP contribution in [0, 0.1) is 6.92 Å². The molecule has 0 fully saturated rings. The molecule has 0 heterocycles. The Bertz CT molecular complexity index is 564. The number of ether oxygens (including phenoxy) is 1. The van der Waals surface area contributed by atoms with E-state index in [1.54, 1.807) is 0 Å². The van der Waals surface area contributed by atoms with Gasteiger partial charge in [0, 0.05) is 0 Å². The van der Waals surface area contributed by atoms with E-state index < -0.39 is 0 Å². The highest BCUT2D eigenvalue weighted by molar-refractivity contribution is 9.09. The van der Waals surface area contributed by atoms with E-state index >= 15 is 0 Å². The summed E-state index contributed by atoms with van der Waals surface area (Å²) in [7, 11) is 0. The van der Waals surface area contributed by atoms with Gasteiger partial charge >= 0.3 is 0 Å². The van der Waals surface area contributed by atoms with Gasteiger partial charge in [0.1, 0.15) is 12.4 Å². The van der Waals surface area contributed by atoms with Crippen LogP contribution in [0.5, 0.6) is 5.75 Å². The molecule has 0 bridgehead atoms. The second-order valence-electron chi connectivity index (χ2n) is 4.33. The van der Waals surface area contributed by atoms with Crippen LogP contribution in [-0.2, 0) is 6.61 Å². The fourth-order valence-corrected chi connectivity index (χ4v) is 2.09. The van der Waals surface area contributed by atoms with Crippen molar-refractivity contribution in [2.24, 2.45) is 0 Å². The molecule has 0 aliphatic heterocycles. The highest BCUT2D eigenvalue weighted by atomic mass is 79.9. The number of alkyl halides is 1. The molecule has 19 heavy (non-hydrogen) atoms. The topological polar surface area (TPSA) is 26.3 Å². The van der Waals surface area contributed by atoms with Gasteiger partial charge in [0.25, 0.3) is 0 Å². The standard InChI is InChI=1S/C16H15BrO2/c1-12-7-8-14(15(18)10-17)16(9-12)19-11-13-5-3-2-4-6-13/h2-9H,10-11H2,1H3. The van der Waals surface area contributed by atoms with Crippen molar-refractivity contribution in [3.05, 3.63) is 65.2 Å². The Balaban J connectivity index is 2.19. The third kappa shape index (κ3) is 3.67. The van der Waals surface area contributed by atoms with Crippen LogP contribution in [0.3, 0.4) is 0 Å². The van der Waals surface area contributed by atoms with Crippen molar-refractivity contribution in [2.75, 3.05) is 5.33 Å². The molecule has 0 aliphatic rings. The molecular formula is C16H15BrO2. The maximum absolute atomic E-state index is 11.8. The zero-order chi connectivity index (χ0) is 13.7. The Labute approximate surface area is 121 Å². The van der Waals surface area contributed by atoms with Gasteiger partial charge in [-0.1, -0.05) is 52.3 Å². The number of hydrogen-bond donors (Lipinski definition) is 0. The zero-order valence-electron chi connectivity index (χ0n) is 10.7. The molecule has 2 aromatic rings. The highest BCUT2D eigenvalue weighted by Gasteiger charge is 2.11. The molecule has 2 aromatic carbocycles. The SMILES string of the molecule is Cc1ccc(C(=O)CBr)c(OCc2ccccc2)c1. The average Bonchev–Trinajstić information content (AvgIpc) is 2.45. The first-order valence-corrected chi connectivity index (χ1v) is 7.19. The van der Waals surface area contributed by atoms with Crippen LogP contribution in [0.25, 0.3) is 0 Å². The fourth-order valence-electron chi connectivity index (χ4n) is 1.79. The van der Waals surface area contributed by atoms with Crippen molar-refractivity contribution < 1.29 is 9.53 Å². The number of hydrogen-bond acceptors (Lipinski definition) is 2. The first kappa shape index (κ1) is 13.8. The minimum absolute atomic E-state index is 0.0306. The van der Waals surface area contributed by atoms with Crippen molar-refractivity contribution in [3.63, 3.8) is 0 Å². The van der Waals surface area contributed by atoms with Gasteiger partial charge in [-0.15, -0.1) is 0 Å². The van der Waals surface area contributed by atoms with Crippen LogP contribution >= 0.6 is 15.9 Å². The number of ketones is 1. The Morgan fingerprint density at radius 3 is 2.58 bits per heavy atom. The van der Waals surface area contributed by atoms with Crippen LogP contribution in [0.4, 0.5) is 0 Å². The smallest absolute Gasteiger partial charge is 0.177 e. The number of carbonyl (C=O) groups excluding carboxylic acids is 1. The molecule has 2 rings (SSSR count). The molecule has 2 nitrogen and oxygen atoms in total. The third-order valence-electron chi connectivity index (χ3n) is 2.80. The minimum Gasteiger partial charge on any atom is -0.488 e. The number of aryl methyl sites for hydroxylation is 1. The summed E-state index contributed by atoms with van der Waals surface area (Å²) < 4.78 is 5.79. The molecule has 0 aromatic heterocycles. The first-order valence-electron chi connectivity index (χ1n) is 6.07. The van der Waals surface area contributed by atoms with E-state index in [4.69, 9.17) is 4.74 Å². The summed E-state index contributed by atoms with van der Waals surface area (Å²) in [4.78, 5) is 11.8. The van der Waals surface area contributed by atoms with E-state index in [1.165, 1.54) is 0 Å². The van der Waals surface area contributed by atoms with Gasteiger partial charge in [-0.05, 0) is 30.2 Å². The summed E-state index contributed by atoms with van der Waals surface area (Å²) in [6, 6.07) is 15.6. The Morgan fingerprint density at radius 1 is 1.16 bits per heavy atom. The Hall–Kier alpha value is -1.61. The molecule has 0 N–H and O–H groups in total. The summed E-state index contributed by atoms with van der Waals surface area (Å²) >= 11 is 3.20. The molecule has 0 unspecified atom stereocenters. The number of Topliss-reactive ketones (excluding diaryl/α,β-unsaturated/α-hetero) is 1. The quantitative estimate of drug-likeness (QED) is 0.611. The average molecular weight is 319 g/mol. The van der Waals surface area contributed by atoms with Crippen LogP contribution in [-0.4, -0.2) is 11.1 Å². The van der Waals surface area contributed by atoms with Crippen LogP contribution in [0.1, 0.15) is 21.5 Å². The van der Waals surface area contributed by atoms with E-state index in [1.807, 2.05) is 55.5 Å². The van der Waals surface area contributed by atoms with Crippen molar-refractivity contribution in [1.29, 1.82) is 0 Å². The molecule has 98 valence electrons. The summed E-state index contributed by atoms with van der Waals surface area (Å²) in [5.74, 6) is 0.677. The van der Waals surface area contributed by atoms with Gasteiger partial charge in [-0.2, -0.15) is 0 Å². The summed E-state index contributed by atoms with van der Waals surface area (Å²) in [5.41, 5.74) is 2.79. The summed E-state index contributed by atoms with van der Waals surface area (Å²) in [6.45, 7) is 2.45. The van der Waals surface area contributed by atoms with Gasteiger partial charge in [0.15, 0.2) is 5.78 Å². The van der Waals surface area contributed by atoms with Crippen LogP contribution in [0.2, 0.25) is 0 Å². The lowest BCUT2D eigenvalue weighted by atomic mass is 10.1. The maximum Gasteiger partial charge on any atom is 0.177 e. The molecule has 0 atom stereocenters. The highest BCUT2D eigenvalue weighted by Crippen LogP contribution is 2.22. The van der Waals surface area contributed by atoms with Gasteiger partial charge in [-0.3, -0.25) is 4.79 Å². The second kappa shape index (κ2) is 6.53. The molecule has 0 saturated carbocycles. The molecule has 0 aliphatic carbocycles. The normalized spacial score (nSPS) is 10.2. The summed E-state index contributed by atoms with van der Waals surface area (Å²) in [6.07, 6.45) is 0. The van der Waals surface area contributed by atoms with Gasteiger partial charge in [0.2, 0.25) is 0 Å². The number of rotatable bonds is 5. The number of halogens is 1. The fraction of sp³-hybridized carbons (Fsp3) is 0.188. The molecule has 3 heteroatoms. The predicted molar refractivity (Wildman–Crippen MR) is 80.1 cm³/mol. The van der Waals surface area contributed by atoms with Crippen molar-refractivity contribution in [2.45, 2.75) is 13.5 Å². The molecule has 0 spiro atoms. The second-order valence-corrected chi connectivity index (χ2v) is 4.89. The zero-order valence-corrected chi connectivity index (χ0v) is 12.3. The van der Waals surface area contributed by atoms with Gasteiger partial charge < -0.3 is 4.74 Å². The van der Waals surface area contributed by atoms with Crippen LogP contribution < -0.4 is 4.74 Å².